The molecule has 6 heteroatoms. The maximum absolute atomic E-state index is 12.0. The van der Waals surface area contributed by atoms with Crippen molar-refractivity contribution in [2.45, 2.75) is 31.7 Å². The number of amides is 1. The van der Waals surface area contributed by atoms with E-state index >= 15 is 0 Å². The molecule has 0 bridgehead atoms. The Morgan fingerprint density at radius 3 is 2.75 bits per heavy atom. The predicted molar refractivity (Wildman–Crippen MR) is 72.8 cm³/mol. The number of carbonyl (C=O) groups is 1. The normalized spacial score (nSPS) is 19.4. The number of rotatable bonds is 3. The Bertz CT molecular complexity index is 541. The van der Waals surface area contributed by atoms with Gasteiger partial charge in [-0.05, 0) is 31.7 Å². The topological polar surface area (TPSA) is 81.9 Å². The first kappa shape index (κ1) is 12.9. The van der Waals surface area contributed by atoms with Gasteiger partial charge in [-0.2, -0.15) is 5.26 Å². The number of aromatic nitrogens is 2. The highest BCUT2D eigenvalue weighted by Crippen LogP contribution is 2.24. The molecule has 0 atom stereocenters. The van der Waals surface area contributed by atoms with E-state index in [0.717, 1.165) is 38.8 Å². The van der Waals surface area contributed by atoms with E-state index in [1.54, 1.807) is 12.3 Å². The number of nitriles is 1. The highest BCUT2D eigenvalue weighted by atomic mass is 16.2. The molecule has 1 aliphatic heterocycles. The van der Waals surface area contributed by atoms with Gasteiger partial charge in [0.15, 0.2) is 0 Å². The summed E-state index contributed by atoms with van der Waals surface area (Å²) < 4.78 is 0. The van der Waals surface area contributed by atoms with Crippen LogP contribution in [0.15, 0.2) is 12.3 Å². The van der Waals surface area contributed by atoms with Crippen LogP contribution >= 0.6 is 0 Å². The second-order valence-electron chi connectivity index (χ2n) is 5.40. The predicted octanol–water partition coefficient (Wildman–Crippen LogP) is 0.843. The molecule has 20 heavy (non-hydrogen) atoms. The maximum Gasteiger partial charge on any atom is 0.226 e. The summed E-state index contributed by atoms with van der Waals surface area (Å²) in [6.45, 7) is 1.52. The van der Waals surface area contributed by atoms with Crippen LogP contribution in [-0.2, 0) is 4.79 Å². The highest BCUT2D eigenvalue weighted by molar-refractivity contribution is 5.79. The van der Waals surface area contributed by atoms with Crippen molar-refractivity contribution in [2.75, 3.05) is 18.0 Å². The summed E-state index contributed by atoms with van der Waals surface area (Å²) in [5.41, 5.74) is 0.378. The molecule has 1 aromatic rings. The second-order valence-corrected chi connectivity index (χ2v) is 5.40. The Morgan fingerprint density at radius 1 is 1.35 bits per heavy atom. The number of nitrogens with one attached hydrogen (secondary N) is 1. The number of piperidine rings is 1. The van der Waals surface area contributed by atoms with Gasteiger partial charge in [-0.25, -0.2) is 9.97 Å². The zero-order valence-electron chi connectivity index (χ0n) is 11.2. The Labute approximate surface area is 117 Å². The molecule has 2 aliphatic rings. The third-order valence-electron chi connectivity index (χ3n) is 3.83. The van der Waals surface area contributed by atoms with Crippen LogP contribution in [0.25, 0.3) is 0 Å². The summed E-state index contributed by atoms with van der Waals surface area (Å²) in [5, 5.41) is 11.9. The fourth-order valence-electron chi connectivity index (χ4n) is 2.45. The number of hydrogen-bond acceptors (Lipinski definition) is 5. The molecule has 2 heterocycles. The molecule has 0 spiro atoms. The molecule has 1 saturated carbocycles. The minimum Gasteiger partial charge on any atom is -0.353 e. The van der Waals surface area contributed by atoms with Gasteiger partial charge in [-0.3, -0.25) is 4.79 Å². The summed E-state index contributed by atoms with van der Waals surface area (Å²) in [6.07, 6.45) is 5.49. The van der Waals surface area contributed by atoms with Crippen molar-refractivity contribution >= 4 is 11.9 Å². The number of anilines is 1. The highest BCUT2D eigenvalue weighted by Gasteiger charge is 2.30. The second kappa shape index (κ2) is 5.45. The maximum atomic E-state index is 12.0. The lowest BCUT2D eigenvalue weighted by Crippen LogP contribution is -2.41. The number of carbonyl (C=O) groups excluding carboxylic acids is 1. The molecular weight excluding hydrogens is 254 g/mol. The molecule has 1 N–H and O–H groups in total. The third-order valence-corrected chi connectivity index (χ3v) is 3.83. The first-order chi connectivity index (χ1) is 9.76. The Morgan fingerprint density at radius 2 is 2.10 bits per heavy atom. The van der Waals surface area contributed by atoms with Crippen LogP contribution in [0, 0.1) is 17.2 Å². The summed E-state index contributed by atoms with van der Waals surface area (Å²) in [4.78, 5) is 22.4. The zero-order chi connectivity index (χ0) is 13.9. The van der Waals surface area contributed by atoms with E-state index in [1.807, 2.05) is 11.0 Å². The molecule has 1 amide bonds. The SMILES string of the molecule is N#Cc1ccnc(N2CCC(C(=O)NC3CC3)CC2)n1. The van der Waals surface area contributed by atoms with Gasteiger partial charge in [0, 0.05) is 31.2 Å². The standard InChI is InChI=1S/C14H17N5O/c15-9-12-3-6-16-14(18-12)19-7-4-10(5-8-19)13(20)17-11-1-2-11/h3,6,10-11H,1-2,4-5,7-8H2,(H,17,20). The van der Waals surface area contributed by atoms with Gasteiger partial charge in [0.1, 0.15) is 11.8 Å². The van der Waals surface area contributed by atoms with Crippen molar-refractivity contribution in [3.8, 4) is 6.07 Å². The minimum atomic E-state index is 0.103. The van der Waals surface area contributed by atoms with Gasteiger partial charge in [-0.15, -0.1) is 0 Å². The molecule has 1 aromatic heterocycles. The fraction of sp³-hybridized carbons (Fsp3) is 0.571. The molecular formula is C14H17N5O. The average molecular weight is 271 g/mol. The first-order valence-electron chi connectivity index (χ1n) is 7.05. The van der Waals surface area contributed by atoms with Gasteiger partial charge >= 0.3 is 0 Å². The average Bonchev–Trinajstić information content (AvgIpc) is 3.31. The summed E-state index contributed by atoms with van der Waals surface area (Å²) in [6, 6.07) is 4.04. The van der Waals surface area contributed by atoms with Crippen LogP contribution < -0.4 is 10.2 Å². The van der Waals surface area contributed by atoms with Crippen molar-refractivity contribution in [3.05, 3.63) is 18.0 Å². The van der Waals surface area contributed by atoms with E-state index in [1.165, 1.54) is 0 Å². The van der Waals surface area contributed by atoms with Crippen LogP contribution in [0.4, 0.5) is 5.95 Å². The summed E-state index contributed by atoms with van der Waals surface area (Å²) in [7, 11) is 0. The van der Waals surface area contributed by atoms with Crippen LogP contribution in [0.5, 0.6) is 0 Å². The Kier molecular flexibility index (Phi) is 3.50. The molecule has 1 saturated heterocycles. The molecule has 6 nitrogen and oxygen atoms in total. The number of hydrogen-bond donors (Lipinski definition) is 1. The number of nitrogens with zero attached hydrogens (tertiary/aromatic N) is 4. The summed E-state index contributed by atoms with van der Waals surface area (Å²) >= 11 is 0. The Balaban J connectivity index is 1.57. The third kappa shape index (κ3) is 2.87. The largest absolute Gasteiger partial charge is 0.353 e. The lowest BCUT2D eigenvalue weighted by atomic mass is 9.96. The van der Waals surface area contributed by atoms with Gasteiger partial charge in [0.2, 0.25) is 11.9 Å². The van der Waals surface area contributed by atoms with Crippen LogP contribution in [0.3, 0.4) is 0 Å². The molecule has 0 unspecified atom stereocenters. The zero-order valence-corrected chi connectivity index (χ0v) is 11.2. The van der Waals surface area contributed by atoms with E-state index in [9.17, 15) is 4.79 Å². The van der Waals surface area contributed by atoms with E-state index in [0.29, 0.717) is 17.7 Å². The van der Waals surface area contributed by atoms with Gasteiger partial charge in [0.25, 0.3) is 0 Å². The quantitative estimate of drug-likeness (QED) is 0.881. The molecule has 0 aromatic carbocycles. The lowest BCUT2D eigenvalue weighted by molar-refractivity contribution is -0.125. The molecule has 0 radical (unpaired) electrons. The van der Waals surface area contributed by atoms with Gasteiger partial charge in [-0.1, -0.05) is 0 Å². The first-order valence-corrected chi connectivity index (χ1v) is 7.05. The van der Waals surface area contributed by atoms with E-state index in [2.05, 4.69) is 15.3 Å². The monoisotopic (exact) mass is 271 g/mol. The smallest absolute Gasteiger partial charge is 0.226 e. The van der Waals surface area contributed by atoms with Gasteiger partial charge in [0.05, 0.1) is 0 Å². The van der Waals surface area contributed by atoms with Crippen LogP contribution in [0.2, 0.25) is 0 Å². The lowest BCUT2D eigenvalue weighted by Gasteiger charge is -2.31. The van der Waals surface area contributed by atoms with Crippen LogP contribution in [0.1, 0.15) is 31.4 Å². The van der Waals surface area contributed by atoms with Crippen molar-refractivity contribution in [1.82, 2.24) is 15.3 Å². The van der Waals surface area contributed by atoms with Gasteiger partial charge < -0.3 is 10.2 Å². The molecule has 2 fully saturated rings. The molecule has 3 rings (SSSR count). The summed E-state index contributed by atoms with van der Waals surface area (Å²) in [5.74, 6) is 0.884. The van der Waals surface area contributed by atoms with E-state index in [4.69, 9.17) is 5.26 Å². The van der Waals surface area contributed by atoms with E-state index in [-0.39, 0.29) is 11.8 Å². The van der Waals surface area contributed by atoms with E-state index < -0.39 is 0 Å². The van der Waals surface area contributed by atoms with Crippen molar-refractivity contribution in [3.63, 3.8) is 0 Å². The Hall–Kier alpha value is -2.16. The molecule has 1 aliphatic carbocycles. The van der Waals surface area contributed by atoms with Crippen molar-refractivity contribution in [2.24, 2.45) is 5.92 Å². The van der Waals surface area contributed by atoms with Crippen molar-refractivity contribution in [1.29, 1.82) is 5.26 Å². The minimum absolute atomic E-state index is 0.103. The van der Waals surface area contributed by atoms with Crippen molar-refractivity contribution < 1.29 is 4.79 Å². The van der Waals surface area contributed by atoms with Crippen LogP contribution in [-0.4, -0.2) is 35.0 Å². The molecule has 104 valence electrons. The fourth-order valence-corrected chi connectivity index (χ4v) is 2.45.